The second-order valence-corrected chi connectivity index (χ2v) is 8.83. The van der Waals surface area contributed by atoms with Crippen LogP contribution in [0.1, 0.15) is 37.8 Å². The fraction of sp³-hybridized carbons (Fsp3) is 0.520. The fourth-order valence-corrected chi connectivity index (χ4v) is 4.55. The van der Waals surface area contributed by atoms with Crippen LogP contribution in [0.15, 0.2) is 40.9 Å². The quantitative estimate of drug-likeness (QED) is 0.531. The maximum Gasteiger partial charge on any atom is 0.248 e. The lowest BCUT2D eigenvalue weighted by Crippen LogP contribution is -2.42. The van der Waals surface area contributed by atoms with E-state index < -0.39 is 0 Å². The minimum absolute atomic E-state index is 0.000424. The minimum Gasteiger partial charge on any atom is -0.454 e. The maximum absolute atomic E-state index is 13.0. The van der Waals surface area contributed by atoms with Crippen molar-refractivity contribution in [3.63, 3.8) is 0 Å². The number of fused-ring (bicyclic) bond motifs is 1. The Morgan fingerprint density at radius 2 is 2.06 bits per heavy atom. The van der Waals surface area contributed by atoms with Crippen LogP contribution in [0.3, 0.4) is 0 Å². The maximum atomic E-state index is 13.0. The fourth-order valence-electron chi connectivity index (χ4n) is 4.55. The molecule has 5 rings (SSSR count). The highest BCUT2D eigenvalue weighted by molar-refractivity contribution is 5.77. The van der Waals surface area contributed by atoms with E-state index in [0.717, 1.165) is 56.6 Å². The first-order chi connectivity index (χ1) is 16.2. The van der Waals surface area contributed by atoms with E-state index in [1.165, 1.54) is 0 Å². The van der Waals surface area contributed by atoms with Crippen molar-refractivity contribution in [3.8, 4) is 22.8 Å². The number of hydrogen-bond acceptors (Lipinski definition) is 7. The first-order valence-electron chi connectivity index (χ1n) is 11.7. The van der Waals surface area contributed by atoms with E-state index in [0.29, 0.717) is 29.7 Å². The van der Waals surface area contributed by atoms with Gasteiger partial charge in [-0.25, -0.2) is 0 Å². The molecule has 0 spiro atoms. The Bertz CT molecular complexity index is 981. The summed E-state index contributed by atoms with van der Waals surface area (Å²) >= 11 is 0. The van der Waals surface area contributed by atoms with Crippen molar-refractivity contribution in [1.29, 1.82) is 0 Å². The zero-order chi connectivity index (χ0) is 22.5. The Balaban J connectivity index is 1.15. The molecule has 0 unspecified atom stereocenters. The van der Waals surface area contributed by atoms with Gasteiger partial charge in [-0.1, -0.05) is 17.3 Å². The van der Waals surface area contributed by atoms with Crippen LogP contribution in [-0.2, 0) is 20.9 Å². The van der Waals surface area contributed by atoms with Crippen LogP contribution < -0.4 is 9.47 Å². The predicted molar refractivity (Wildman–Crippen MR) is 120 cm³/mol. The van der Waals surface area contributed by atoms with Crippen LogP contribution in [-0.4, -0.2) is 55.2 Å². The van der Waals surface area contributed by atoms with Crippen LogP contribution in [0.5, 0.6) is 11.5 Å². The average Bonchev–Trinajstić information content (AvgIpc) is 3.61. The van der Waals surface area contributed by atoms with E-state index in [4.69, 9.17) is 23.5 Å². The summed E-state index contributed by atoms with van der Waals surface area (Å²) in [4.78, 5) is 14.9. The number of ether oxygens (including phenoxy) is 4. The molecule has 0 radical (unpaired) electrons. The first kappa shape index (κ1) is 22.0. The van der Waals surface area contributed by atoms with Crippen LogP contribution >= 0.6 is 0 Å². The normalized spacial score (nSPS) is 21.5. The van der Waals surface area contributed by atoms with Crippen LogP contribution in [0.2, 0.25) is 0 Å². The number of benzene rings is 1. The number of hydrogen-bond donors (Lipinski definition) is 0. The molecule has 1 aromatic carbocycles. The number of amides is 1. The molecule has 1 aliphatic carbocycles. The Hall–Kier alpha value is -2.84. The van der Waals surface area contributed by atoms with Gasteiger partial charge in [-0.15, -0.1) is 0 Å². The van der Waals surface area contributed by atoms with Crippen molar-refractivity contribution in [3.05, 3.63) is 42.1 Å². The second kappa shape index (κ2) is 10.4. The standard InChI is InChI=1S/C25H30N2O6/c28-25(27(14-21-7-4-10-30-21)13-18-5-2-1-3-6-18)16-29-15-20-12-23(33-26-20)19-8-9-22-24(11-19)32-17-31-22/h1-2,8-9,11-12,18,21H,3-7,10,13-17H2/t18-,21-/m1/s1. The van der Waals surface area contributed by atoms with Crippen molar-refractivity contribution in [2.45, 2.75) is 44.8 Å². The zero-order valence-electron chi connectivity index (χ0n) is 18.7. The molecule has 33 heavy (non-hydrogen) atoms. The van der Waals surface area contributed by atoms with Crippen LogP contribution in [0.4, 0.5) is 0 Å². The molecule has 176 valence electrons. The third-order valence-corrected chi connectivity index (χ3v) is 6.35. The molecule has 1 aromatic heterocycles. The molecule has 2 aromatic rings. The molecule has 2 aliphatic heterocycles. The summed E-state index contributed by atoms with van der Waals surface area (Å²) in [6, 6.07) is 7.42. The number of aromatic nitrogens is 1. The van der Waals surface area contributed by atoms with Crippen LogP contribution in [0, 0.1) is 5.92 Å². The molecule has 8 heteroatoms. The molecular formula is C25H30N2O6. The Morgan fingerprint density at radius 1 is 1.12 bits per heavy atom. The van der Waals surface area contributed by atoms with Gasteiger partial charge in [0.2, 0.25) is 12.7 Å². The van der Waals surface area contributed by atoms with Gasteiger partial charge in [-0.2, -0.15) is 0 Å². The van der Waals surface area contributed by atoms with Gasteiger partial charge in [-0.05, 0) is 56.2 Å². The summed E-state index contributed by atoms with van der Waals surface area (Å²) in [6.07, 6.45) is 9.88. The van der Waals surface area contributed by atoms with Crippen molar-refractivity contribution < 1.29 is 28.3 Å². The van der Waals surface area contributed by atoms with E-state index >= 15 is 0 Å². The third kappa shape index (κ3) is 5.57. The van der Waals surface area contributed by atoms with Crippen LogP contribution in [0.25, 0.3) is 11.3 Å². The smallest absolute Gasteiger partial charge is 0.248 e. The number of allylic oxidation sites excluding steroid dienone is 2. The Morgan fingerprint density at radius 3 is 2.91 bits per heavy atom. The van der Waals surface area contributed by atoms with Crippen molar-refractivity contribution in [2.24, 2.45) is 5.92 Å². The summed E-state index contributed by atoms with van der Waals surface area (Å²) in [7, 11) is 0. The molecular weight excluding hydrogens is 424 g/mol. The summed E-state index contributed by atoms with van der Waals surface area (Å²) in [5, 5.41) is 4.08. The molecule has 1 amide bonds. The van der Waals surface area contributed by atoms with Gasteiger partial charge in [0.05, 0.1) is 12.7 Å². The molecule has 8 nitrogen and oxygen atoms in total. The summed E-state index contributed by atoms with van der Waals surface area (Å²) in [5.41, 5.74) is 1.48. The lowest BCUT2D eigenvalue weighted by atomic mass is 9.94. The summed E-state index contributed by atoms with van der Waals surface area (Å²) < 4.78 is 27.7. The molecule has 0 bridgehead atoms. The van der Waals surface area contributed by atoms with Gasteiger partial charge in [-0.3, -0.25) is 4.79 Å². The molecule has 1 saturated heterocycles. The van der Waals surface area contributed by atoms with Gasteiger partial charge in [0, 0.05) is 31.3 Å². The highest BCUT2D eigenvalue weighted by atomic mass is 16.7. The SMILES string of the molecule is O=C(COCc1cc(-c2ccc3c(c2)OCO3)on1)N(C[C@@H]1CC=CCC1)C[C@H]1CCCO1. The topological polar surface area (TPSA) is 83.3 Å². The number of carbonyl (C=O) groups excluding carboxylic acids is 1. The van der Waals surface area contributed by atoms with Crippen molar-refractivity contribution >= 4 is 5.91 Å². The van der Waals surface area contributed by atoms with E-state index in [9.17, 15) is 4.79 Å². The number of nitrogens with zero attached hydrogens (tertiary/aromatic N) is 2. The van der Waals surface area contributed by atoms with E-state index in [-0.39, 0.29) is 32.0 Å². The number of rotatable bonds is 9. The third-order valence-electron chi connectivity index (χ3n) is 6.35. The first-order valence-corrected chi connectivity index (χ1v) is 11.7. The summed E-state index contributed by atoms with van der Waals surface area (Å²) in [5.74, 6) is 2.52. The summed E-state index contributed by atoms with van der Waals surface area (Å²) in [6.45, 7) is 2.63. The van der Waals surface area contributed by atoms with Gasteiger partial charge < -0.3 is 28.4 Å². The lowest BCUT2D eigenvalue weighted by molar-refractivity contribution is -0.139. The molecule has 3 heterocycles. The number of carbonyl (C=O) groups is 1. The van der Waals surface area contributed by atoms with E-state index in [1.807, 2.05) is 29.2 Å². The molecule has 0 N–H and O–H groups in total. The van der Waals surface area contributed by atoms with Gasteiger partial charge in [0.25, 0.3) is 0 Å². The molecule has 1 fully saturated rings. The van der Waals surface area contributed by atoms with Gasteiger partial charge >= 0.3 is 0 Å². The largest absolute Gasteiger partial charge is 0.454 e. The monoisotopic (exact) mass is 454 g/mol. The predicted octanol–water partition coefficient (Wildman–Crippen LogP) is 3.95. The van der Waals surface area contributed by atoms with Gasteiger partial charge in [0.1, 0.15) is 12.3 Å². The van der Waals surface area contributed by atoms with Crippen molar-refractivity contribution in [2.75, 3.05) is 33.1 Å². The highest BCUT2D eigenvalue weighted by Gasteiger charge is 2.25. The Labute approximate surface area is 193 Å². The van der Waals surface area contributed by atoms with Gasteiger partial charge in [0.15, 0.2) is 17.3 Å². The van der Waals surface area contributed by atoms with E-state index in [2.05, 4.69) is 17.3 Å². The molecule has 3 aliphatic rings. The minimum atomic E-state index is -0.000424. The average molecular weight is 455 g/mol. The zero-order valence-corrected chi connectivity index (χ0v) is 18.7. The highest BCUT2D eigenvalue weighted by Crippen LogP contribution is 2.36. The second-order valence-electron chi connectivity index (χ2n) is 8.83. The molecule has 0 saturated carbocycles. The van der Waals surface area contributed by atoms with Crippen molar-refractivity contribution in [1.82, 2.24) is 10.1 Å². The lowest BCUT2D eigenvalue weighted by Gasteiger charge is -2.30. The molecule has 2 atom stereocenters. The van der Waals surface area contributed by atoms with E-state index in [1.54, 1.807) is 0 Å². The Kier molecular flexibility index (Phi) is 6.92.